The molecule has 3 fully saturated rings. The average molecular weight is 544 g/mol. The van der Waals surface area contributed by atoms with E-state index in [-0.39, 0.29) is 54.4 Å². The number of hydrogen-bond acceptors (Lipinski definition) is 5. The first-order valence-corrected chi connectivity index (χ1v) is 13.7. The van der Waals surface area contributed by atoms with Crippen LogP contribution in [0.1, 0.15) is 66.2 Å². The van der Waals surface area contributed by atoms with Crippen LogP contribution in [0.3, 0.4) is 0 Å². The molecule has 2 amide bonds. The zero-order valence-corrected chi connectivity index (χ0v) is 21.0. The van der Waals surface area contributed by atoms with Crippen LogP contribution in [0.25, 0.3) is 11.0 Å². The standard InChI is InChI=1S/C23H28F3N4O6P/c1-28-18-11-14(13-2-3-13)10-17(23(24,25)26)20(18)27-21(28)22(32)29-8-9-30(19(31)12-29)15-4-6-16(7-5-15)36-37(33,34)35/h10-11,13,15-16H,2-9,12H2,1H3,(H2,33,34,35)/t15-,16-. The van der Waals surface area contributed by atoms with Crippen molar-refractivity contribution in [1.82, 2.24) is 19.4 Å². The van der Waals surface area contributed by atoms with E-state index in [1.165, 1.54) is 16.5 Å². The number of fused-ring (bicyclic) bond motifs is 1. The molecule has 3 aliphatic rings. The first-order valence-electron chi connectivity index (χ1n) is 12.2. The van der Waals surface area contributed by atoms with Crippen LogP contribution >= 0.6 is 7.82 Å². The second-order valence-corrected chi connectivity index (χ2v) is 11.2. The Morgan fingerprint density at radius 1 is 1.11 bits per heavy atom. The molecular weight excluding hydrogens is 516 g/mol. The zero-order valence-electron chi connectivity index (χ0n) is 20.1. The third-order valence-corrected chi connectivity index (χ3v) is 8.04. The van der Waals surface area contributed by atoms with Gasteiger partial charge in [-0.25, -0.2) is 9.55 Å². The molecule has 0 atom stereocenters. The minimum Gasteiger partial charge on any atom is -0.336 e. The Morgan fingerprint density at radius 3 is 2.35 bits per heavy atom. The topological polar surface area (TPSA) is 125 Å². The smallest absolute Gasteiger partial charge is 0.336 e. The van der Waals surface area contributed by atoms with Crippen molar-refractivity contribution < 1.29 is 41.6 Å². The van der Waals surface area contributed by atoms with Crippen molar-refractivity contribution in [2.24, 2.45) is 7.05 Å². The van der Waals surface area contributed by atoms with E-state index in [9.17, 15) is 27.3 Å². The number of halogens is 3. The highest BCUT2D eigenvalue weighted by Crippen LogP contribution is 2.44. The van der Waals surface area contributed by atoms with E-state index in [1.807, 2.05) is 0 Å². The SMILES string of the molecule is Cn1c(C(=O)N2CCN([C@H]3CC[C@H](OP(=O)(O)O)CC3)C(=O)C2)nc2c(C(F)(F)F)cc(C3CC3)cc21. The van der Waals surface area contributed by atoms with Gasteiger partial charge < -0.3 is 24.2 Å². The van der Waals surface area contributed by atoms with Crippen LogP contribution in [0.5, 0.6) is 0 Å². The predicted octanol–water partition coefficient (Wildman–Crippen LogP) is 3.17. The summed E-state index contributed by atoms with van der Waals surface area (Å²) < 4.78 is 58.6. The minimum atomic E-state index is -4.62. The van der Waals surface area contributed by atoms with E-state index < -0.39 is 31.6 Å². The number of phosphoric acid groups is 1. The van der Waals surface area contributed by atoms with Gasteiger partial charge in [0.05, 0.1) is 17.2 Å². The van der Waals surface area contributed by atoms with Crippen LogP contribution < -0.4 is 0 Å². The minimum absolute atomic E-state index is 0.0867. The number of carbonyl (C=O) groups excluding carboxylic acids is 2. The van der Waals surface area contributed by atoms with Crippen LogP contribution in [0.4, 0.5) is 13.2 Å². The number of imidazole rings is 1. The summed E-state index contributed by atoms with van der Waals surface area (Å²) in [6.45, 7) is 0.232. The van der Waals surface area contributed by atoms with Gasteiger partial charge in [0, 0.05) is 26.2 Å². The molecule has 37 heavy (non-hydrogen) atoms. The highest BCUT2D eigenvalue weighted by atomic mass is 31.2. The summed E-state index contributed by atoms with van der Waals surface area (Å²) in [5.41, 5.74) is -0.311. The van der Waals surface area contributed by atoms with E-state index >= 15 is 0 Å². The van der Waals surface area contributed by atoms with Gasteiger partial charge in [0.25, 0.3) is 5.91 Å². The molecule has 0 unspecified atom stereocenters. The fourth-order valence-corrected chi connectivity index (χ4v) is 6.01. The Morgan fingerprint density at radius 2 is 1.78 bits per heavy atom. The van der Waals surface area contributed by atoms with Crippen molar-refractivity contribution in [1.29, 1.82) is 0 Å². The van der Waals surface area contributed by atoms with Gasteiger partial charge in [0.1, 0.15) is 12.1 Å². The molecule has 0 radical (unpaired) electrons. The molecular formula is C23H28F3N4O6P. The molecule has 2 N–H and O–H groups in total. The molecule has 0 bridgehead atoms. The number of phosphoric ester groups is 1. The van der Waals surface area contributed by atoms with E-state index in [0.717, 1.165) is 18.9 Å². The first kappa shape index (κ1) is 26.1. The maximum atomic E-state index is 13.8. The number of amides is 2. The second-order valence-electron chi connectivity index (χ2n) is 10.0. The fourth-order valence-electron chi connectivity index (χ4n) is 5.41. The fraction of sp³-hybridized carbons (Fsp3) is 0.609. The van der Waals surface area contributed by atoms with Crippen molar-refractivity contribution in [3.05, 3.63) is 29.1 Å². The molecule has 5 rings (SSSR count). The van der Waals surface area contributed by atoms with Crippen molar-refractivity contribution in [2.45, 2.75) is 62.8 Å². The van der Waals surface area contributed by atoms with Crippen LogP contribution in [-0.2, 0) is 27.1 Å². The van der Waals surface area contributed by atoms with Gasteiger partial charge in [-0.15, -0.1) is 0 Å². The van der Waals surface area contributed by atoms with E-state index in [2.05, 4.69) is 4.98 Å². The lowest BCUT2D eigenvalue weighted by molar-refractivity contribution is -0.139. The number of aromatic nitrogens is 2. The number of carbonyl (C=O) groups is 2. The molecule has 1 aromatic carbocycles. The lowest BCUT2D eigenvalue weighted by atomic mass is 9.91. The van der Waals surface area contributed by atoms with Crippen molar-refractivity contribution in [2.75, 3.05) is 19.6 Å². The Kier molecular flexibility index (Phi) is 6.62. The number of aryl methyl sites for hydroxylation is 1. The number of benzene rings is 1. The Labute approximate surface area is 210 Å². The predicted molar refractivity (Wildman–Crippen MR) is 124 cm³/mol. The number of nitrogens with zero attached hydrogens (tertiary/aromatic N) is 4. The number of piperazine rings is 1. The van der Waals surface area contributed by atoms with Crippen molar-refractivity contribution in [3.63, 3.8) is 0 Å². The summed E-state index contributed by atoms with van der Waals surface area (Å²) >= 11 is 0. The molecule has 1 saturated heterocycles. The third-order valence-electron chi connectivity index (χ3n) is 7.47. The molecule has 202 valence electrons. The van der Waals surface area contributed by atoms with E-state index in [4.69, 9.17) is 14.3 Å². The quantitative estimate of drug-likeness (QED) is 0.554. The highest BCUT2D eigenvalue weighted by molar-refractivity contribution is 7.46. The molecule has 2 aliphatic carbocycles. The summed E-state index contributed by atoms with van der Waals surface area (Å²) in [5, 5.41) is 0. The zero-order chi connectivity index (χ0) is 26.7. The normalized spacial score (nSPS) is 23.7. The monoisotopic (exact) mass is 544 g/mol. The number of hydrogen-bond donors (Lipinski definition) is 2. The van der Waals surface area contributed by atoms with Crippen LogP contribution in [-0.4, -0.2) is 72.7 Å². The largest absolute Gasteiger partial charge is 0.469 e. The van der Waals surface area contributed by atoms with Gasteiger partial charge >= 0.3 is 14.0 Å². The van der Waals surface area contributed by atoms with Crippen LogP contribution in [0, 0.1) is 0 Å². The van der Waals surface area contributed by atoms with Gasteiger partial charge in [-0.2, -0.15) is 13.2 Å². The van der Waals surface area contributed by atoms with Crippen molar-refractivity contribution >= 4 is 30.7 Å². The summed E-state index contributed by atoms with van der Waals surface area (Å²) in [7, 11) is -3.06. The summed E-state index contributed by atoms with van der Waals surface area (Å²) in [6, 6.07) is 2.66. The maximum absolute atomic E-state index is 13.8. The molecule has 2 saturated carbocycles. The number of alkyl halides is 3. The summed E-state index contributed by atoms with van der Waals surface area (Å²) in [5.74, 6) is -0.954. The second kappa shape index (κ2) is 9.37. The van der Waals surface area contributed by atoms with E-state index in [1.54, 1.807) is 11.0 Å². The van der Waals surface area contributed by atoms with Gasteiger partial charge in [-0.05, 0) is 62.1 Å². The first-order chi connectivity index (χ1) is 17.3. The molecule has 1 aliphatic heterocycles. The van der Waals surface area contributed by atoms with Gasteiger partial charge in [-0.1, -0.05) is 0 Å². The lowest BCUT2D eigenvalue weighted by Gasteiger charge is -2.41. The molecule has 14 heteroatoms. The summed E-state index contributed by atoms with van der Waals surface area (Å²) in [6.07, 6.45) is -1.71. The van der Waals surface area contributed by atoms with Crippen LogP contribution in [0.2, 0.25) is 0 Å². The molecule has 10 nitrogen and oxygen atoms in total. The van der Waals surface area contributed by atoms with E-state index in [0.29, 0.717) is 31.2 Å². The van der Waals surface area contributed by atoms with Gasteiger partial charge in [0.15, 0.2) is 5.82 Å². The van der Waals surface area contributed by atoms with Gasteiger partial charge in [0.2, 0.25) is 5.91 Å². The third kappa shape index (κ3) is 5.41. The Balaban J connectivity index is 1.30. The molecule has 1 aromatic heterocycles. The average Bonchev–Trinajstić information content (AvgIpc) is 3.61. The molecule has 2 heterocycles. The molecule has 0 spiro atoms. The number of rotatable bonds is 5. The highest BCUT2D eigenvalue weighted by Gasteiger charge is 2.39. The summed E-state index contributed by atoms with van der Waals surface area (Å²) in [4.78, 5) is 51.2. The van der Waals surface area contributed by atoms with Crippen molar-refractivity contribution in [3.8, 4) is 0 Å². The maximum Gasteiger partial charge on any atom is 0.469 e. The lowest BCUT2D eigenvalue weighted by Crippen LogP contribution is -2.56. The van der Waals surface area contributed by atoms with Gasteiger partial charge in [-0.3, -0.25) is 14.1 Å². The Hall–Kier alpha value is -2.47. The molecule has 2 aromatic rings. The Bertz CT molecular complexity index is 1280. The van der Waals surface area contributed by atoms with Crippen LogP contribution in [0.15, 0.2) is 12.1 Å².